The highest BCUT2D eigenvalue weighted by Crippen LogP contribution is 2.28. The van der Waals surface area contributed by atoms with Crippen LogP contribution in [0.1, 0.15) is 32.8 Å². The van der Waals surface area contributed by atoms with Crippen molar-refractivity contribution in [3.63, 3.8) is 0 Å². The van der Waals surface area contributed by atoms with Gasteiger partial charge in [-0.1, -0.05) is 33.3 Å². The van der Waals surface area contributed by atoms with Gasteiger partial charge in [0.25, 0.3) is 0 Å². The molecule has 0 fully saturated rings. The molecule has 0 radical (unpaired) electrons. The van der Waals surface area contributed by atoms with E-state index in [4.69, 9.17) is 4.74 Å². The Labute approximate surface area is 114 Å². The summed E-state index contributed by atoms with van der Waals surface area (Å²) in [5.41, 5.74) is 0.933. The first-order chi connectivity index (χ1) is 9.08. The number of hydrogen-bond donors (Lipinski definition) is 1. The molecular formula is C14H22N2O3. The van der Waals surface area contributed by atoms with Crippen LogP contribution in [0.2, 0.25) is 0 Å². The van der Waals surface area contributed by atoms with E-state index in [-0.39, 0.29) is 10.6 Å². The van der Waals surface area contributed by atoms with Gasteiger partial charge in [-0.05, 0) is 24.1 Å². The van der Waals surface area contributed by atoms with E-state index in [1.165, 1.54) is 0 Å². The smallest absolute Gasteiger partial charge is 0.311 e. The van der Waals surface area contributed by atoms with Crippen LogP contribution in [-0.2, 0) is 6.54 Å². The first-order valence-electron chi connectivity index (χ1n) is 6.69. The van der Waals surface area contributed by atoms with E-state index in [0.29, 0.717) is 24.8 Å². The predicted octanol–water partition coefficient (Wildman–Crippen LogP) is 3.13. The fraction of sp³-hybridized carbons (Fsp3) is 0.571. The van der Waals surface area contributed by atoms with Gasteiger partial charge in [0.1, 0.15) is 0 Å². The summed E-state index contributed by atoms with van der Waals surface area (Å²) >= 11 is 0. The molecule has 19 heavy (non-hydrogen) atoms. The topological polar surface area (TPSA) is 64.4 Å². The van der Waals surface area contributed by atoms with Crippen LogP contribution >= 0.6 is 0 Å². The summed E-state index contributed by atoms with van der Waals surface area (Å²) in [6.07, 6.45) is 0.992. The van der Waals surface area contributed by atoms with E-state index in [9.17, 15) is 10.1 Å². The lowest BCUT2D eigenvalue weighted by Crippen LogP contribution is -2.12. The molecule has 1 atom stereocenters. The summed E-state index contributed by atoms with van der Waals surface area (Å²) in [7, 11) is 0. The van der Waals surface area contributed by atoms with Gasteiger partial charge in [0.2, 0.25) is 0 Å². The maximum absolute atomic E-state index is 11.1. The van der Waals surface area contributed by atoms with Gasteiger partial charge in [-0.25, -0.2) is 0 Å². The Morgan fingerprint density at radius 3 is 2.74 bits per heavy atom. The number of nitrogens with one attached hydrogen (secondary N) is 1. The zero-order chi connectivity index (χ0) is 14.3. The van der Waals surface area contributed by atoms with Crippen molar-refractivity contribution in [3.05, 3.63) is 33.9 Å². The van der Waals surface area contributed by atoms with Crippen LogP contribution in [0.3, 0.4) is 0 Å². The Balaban J connectivity index is 2.82. The standard InChI is InChI=1S/C14H22N2O3/c1-4-11(3)10-19-14-7-6-12(9-15-5-2)8-13(14)16(17)18/h6-8,11,15H,4-5,9-10H2,1-3H3. The van der Waals surface area contributed by atoms with Crippen molar-refractivity contribution in [1.82, 2.24) is 5.32 Å². The van der Waals surface area contributed by atoms with Gasteiger partial charge in [-0.3, -0.25) is 10.1 Å². The average Bonchev–Trinajstić information content (AvgIpc) is 2.42. The van der Waals surface area contributed by atoms with Crippen LogP contribution in [0.15, 0.2) is 18.2 Å². The Hall–Kier alpha value is -1.62. The molecule has 5 nitrogen and oxygen atoms in total. The third-order valence-corrected chi connectivity index (χ3v) is 3.02. The minimum Gasteiger partial charge on any atom is -0.487 e. The van der Waals surface area contributed by atoms with E-state index in [1.54, 1.807) is 12.1 Å². The molecule has 0 aromatic heterocycles. The molecule has 0 amide bonds. The van der Waals surface area contributed by atoms with Crippen molar-refractivity contribution in [2.75, 3.05) is 13.2 Å². The first kappa shape index (κ1) is 15.4. The largest absolute Gasteiger partial charge is 0.487 e. The summed E-state index contributed by atoms with van der Waals surface area (Å²) in [5.74, 6) is 0.742. The molecule has 1 N–H and O–H groups in total. The average molecular weight is 266 g/mol. The normalized spacial score (nSPS) is 12.2. The summed E-state index contributed by atoms with van der Waals surface area (Å²) < 4.78 is 5.55. The van der Waals surface area contributed by atoms with E-state index in [0.717, 1.165) is 18.5 Å². The molecule has 1 rings (SSSR count). The van der Waals surface area contributed by atoms with E-state index in [2.05, 4.69) is 19.2 Å². The molecule has 0 aliphatic heterocycles. The van der Waals surface area contributed by atoms with Crippen LogP contribution in [0, 0.1) is 16.0 Å². The quantitative estimate of drug-likeness (QED) is 0.580. The zero-order valence-electron chi connectivity index (χ0n) is 11.8. The van der Waals surface area contributed by atoms with Crippen molar-refractivity contribution in [2.24, 2.45) is 5.92 Å². The number of ether oxygens (including phenoxy) is 1. The lowest BCUT2D eigenvalue weighted by atomic mass is 10.1. The molecule has 1 aromatic carbocycles. The minimum absolute atomic E-state index is 0.0405. The van der Waals surface area contributed by atoms with Gasteiger partial charge < -0.3 is 10.1 Å². The number of nitrogens with zero attached hydrogens (tertiary/aromatic N) is 1. The minimum atomic E-state index is -0.388. The van der Waals surface area contributed by atoms with E-state index in [1.807, 2.05) is 13.0 Å². The van der Waals surface area contributed by atoms with Crippen LogP contribution in [0.5, 0.6) is 5.75 Å². The van der Waals surface area contributed by atoms with Crippen LogP contribution < -0.4 is 10.1 Å². The lowest BCUT2D eigenvalue weighted by molar-refractivity contribution is -0.386. The Morgan fingerprint density at radius 1 is 1.42 bits per heavy atom. The highest BCUT2D eigenvalue weighted by atomic mass is 16.6. The van der Waals surface area contributed by atoms with Crippen molar-refractivity contribution in [2.45, 2.75) is 33.7 Å². The molecule has 5 heteroatoms. The molecule has 0 aliphatic rings. The second-order valence-corrected chi connectivity index (χ2v) is 4.66. The number of nitro groups is 1. The predicted molar refractivity (Wildman–Crippen MR) is 75.4 cm³/mol. The second kappa shape index (κ2) is 7.74. The zero-order valence-corrected chi connectivity index (χ0v) is 11.8. The molecule has 0 bridgehead atoms. The SMILES string of the molecule is CCNCc1ccc(OCC(C)CC)c([N+](=O)[O-])c1. The third-order valence-electron chi connectivity index (χ3n) is 3.02. The molecule has 1 aromatic rings. The number of hydrogen-bond acceptors (Lipinski definition) is 4. The highest BCUT2D eigenvalue weighted by Gasteiger charge is 2.16. The first-order valence-corrected chi connectivity index (χ1v) is 6.69. The lowest BCUT2D eigenvalue weighted by Gasteiger charge is -2.12. The van der Waals surface area contributed by atoms with Gasteiger partial charge in [0.15, 0.2) is 5.75 Å². The molecular weight excluding hydrogens is 244 g/mol. The molecule has 1 unspecified atom stereocenters. The molecule has 0 saturated carbocycles. The van der Waals surface area contributed by atoms with Gasteiger partial charge in [0, 0.05) is 12.6 Å². The molecule has 0 spiro atoms. The van der Waals surface area contributed by atoms with Crippen molar-refractivity contribution in [3.8, 4) is 5.75 Å². The van der Waals surface area contributed by atoms with Crippen molar-refractivity contribution >= 4 is 5.69 Å². The van der Waals surface area contributed by atoms with Gasteiger partial charge in [0.05, 0.1) is 11.5 Å². The van der Waals surface area contributed by atoms with Gasteiger partial charge in [-0.15, -0.1) is 0 Å². The highest BCUT2D eigenvalue weighted by molar-refractivity contribution is 5.48. The number of benzene rings is 1. The summed E-state index contributed by atoms with van der Waals surface area (Å²) in [6, 6.07) is 5.13. The van der Waals surface area contributed by atoms with Gasteiger partial charge >= 0.3 is 5.69 Å². The maximum atomic E-state index is 11.1. The number of nitro benzene ring substituents is 1. The number of rotatable bonds is 8. The third kappa shape index (κ3) is 4.87. The van der Waals surface area contributed by atoms with Crippen LogP contribution in [-0.4, -0.2) is 18.1 Å². The molecule has 0 saturated heterocycles. The van der Waals surface area contributed by atoms with Crippen LogP contribution in [0.25, 0.3) is 0 Å². The van der Waals surface area contributed by atoms with E-state index < -0.39 is 0 Å². The Kier molecular flexibility index (Phi) is 6.29. The van der Waals surface area contributed by atoms with Crippen LogP contribution in [0.4, 0.5) is 5.69 Å². The van der Waals surface area contributed by atoms with E-state index >= 15 is 0 Å². The molecule has 0 heterocycles. The Bertz CT molecular complexity index is 421. The summed E-state index contributed by atoms with van der Waals surface area (Å²) in [5, 5.41) is 14.2. The fourth-order valence-corrected chi connectivity index (χ4v) is 1.56. The molecule has 0 aliphatic carbocycles. The van der Waals surface area contributed by atoms with Crippen molar-refractivity contribution < 1.29 is 9.66 Å². The summed E-state index contributed by atoms with van der Waals surface area (Å²) in [6.45, 7) is 8.10. The Morgan fingerprint density at radius 2 is 2.16 bits per heavy atom. The van der Waals surface area contributed by atoms with Gasteiger partial charge in [-0.2, -0.15) is 0 Å². The second-order valence-electron chi connectivity index (χ2n) is 4.66. The maximum Gasteiger partial charge on any atom is 0.311 e. The monoisotopic (exact) mass is 266 g/mol. The fourth-order valence-electron chi connectivity index (χ4n) is 1.56. The summed E-state index contributed by atoms with van der Waals surface area (Å²) in [4.78, 5) is 10.7. The van der Waals surface area contributed by atoms with Crippen molar-refractivity contribution in [1.29, 1.82) is 0 Å². The molecule has 106 valence electrons.